The maximum absolute atomic E-state index is 8.85. The third-order valence-electron chi connectivity index (χ3n) is 0. The van der Waals surface area contributed by atoms with Gasteiger partial charge in [0, 0.05) is 0 Å². The second kappa shape index (κ2) is 3.87. The van der Waals surface area contributed by atoms with E-state index in [1.54, 1.807) is 0 Å². The van der Waals surface area contributed by atoms with Crippen LogP contribution in [0, 0.1) is 0 Å². The SMILES string of the molecule is C[N+](C)(C)C.NS(=O)(=O)[O-]. The Morgan fingerprint density at radius 1 is 1.20 bits per heavy atom. The van der Waals surface area contributed by atoms with Crippen LogP contribution in [0.3, 0.4) is 0 Å². The minimum absolute atomic E-state index is 1.00. The number of nitrogens with zero attached hydrogens (tertiary/aromatic N) is 1. The number of quaternary nitrogens is 1. The molecule has 2 N–H and O–H groups in total. The highest BCUT2D eigenvalue weighted by molar-refractivity contribution is 7.83. The second-order valence-corrected chi connectivity index (χ2v) is 4.16. The molecule has 0 unspecified atom stereocenters. The van der Waals surface area contributed by atoms with E-state index in [1.165, 1.54) is 0 Å². The molecule has 0 amide bonds. The van der Waals surface area contributed by atoms with Gasteiger partial charge in [-0.1, -0.05) is 0 Å². The van der Waals surface area contributed by atoms with Gasteiger partial charge in [0.15, 0.2) is 10.3 Å². The number of nitrogens with two attached hydrogens (primary N) is 1. The topological polar surface area (TPSA) is 83.2 Å². The van der Waals surface area contributed by atoms with Gasteiger partial charge in [0.25, 0.3) is 0 Å². The van der Waals surface area contributed by atoms with Crippen LogP contribution in [-0.4, -0.2) is 45.6 Å². The first-order chi connectivity index (χ1) is 4.00. The van der Waals surface area contributed by atoms with Gasteiger partial charge in [-0.25, -0.2) is 13.6 Å². The molecule has 6 heteroatoms. The monoisotopic (exact) mass is 170 g/mol. The minimum atomic E-state index is -4.42. The summed E-state index contributed by atoms with van der Waals surface area (Å²) in [5.74, 6) is 0. The summed E-state index contributed by atoms with van der Waals surface area (Å²) >= 11 is 0. The fourth-order valence-corrected chi connectivity index (χ4v) is 0. The molecule has 0 atom stereocenters. The lowest BCUT2D eigenvalue weighted by Gasteiger charge is -2.14. The minimum Gasteiger partial charge on any atom is -0.736 e. The molecule has 0 aromatic rings. The van der Waals surface area contributed by atoms with E-state index in [1.807, 2.05) is 0 Å². The van der Waals surface area contributed by atoms with E-state index in [2.05, 4.69) is 33.3 Å². The average Bonchev–Trinajstić information content (AvgIpc) is 1.12. The summed E-state index contributed by atoms with van der Waals surface area (Å²) in [5, 5.41) is 3.77. The van der Waals surface area contributed by atoms with E-state index < -0.39 is 10.3 Å². The van der Waals surface area contributed by atoms with Crippen LogP contribution in [-0.2, 0) is 10.3 Å². The van der Waals surface area contributed by atoms with Gasteiger partial charge < -0.3 is 9.04 Å². The Hall–Kier alpha value is -0.170. The Balaban J connectivity index is 0. The van der Waals surface area contributed by atoms with E-state index in [4.69, 9.17) is 13.0 Å². The van der Waals surface area contributed by atoms with Crippen LogP contribution in [0.2, 0.25) is 0 Å². The Morgan fingerprint density at radius 3 is 1.20 bits per heavy atom. The van der Waals surface area contributed by atoms with Gasteiger partial charge >= 0.3 is 0 Å². The van der Waals surface area contributed by atoms with Crippen molar-refractivity contribution in [3.8, 4) is 0 Å². The molecule has 0 spiro atoms. The van der Waals surface area contributed by atoms with Crippen LogP contribution in [0.1, 0.15) is 0 Å². The summed E-state index contributed by atoms with van der Waals surface area (Å²) in [4.78, 5) is 0. The molecule has 0 aliphatic rings. The Bertz CT molecular complexity index is 153. The standard InChI is InChI=1S/C4H12N.H3NO3S/c2*1-5(2,3)4/h1-4H3;(H3,1,2,3,4)/q+1;/p-1. The van der Waals surface area contributed by atoms with Gasteiger partial charge in [-0.3, -0.25) is 0 Å². The molecular weight excluding hydrogens is 156 g/mol. The normalized spacial score (nSPS) is 11.8. The highest BCUT2D eigenvalue weighted by atomic mass is 32.2. The molecule has 10 heavy (non-hydrogen) atoms. The predicted octanol–water partition coefficient (Wildman–Crippen LogP) is -1.27. The summed E-state index contributed by atoms with van der Waals surface area (Å²) in [6, 6.07) is 0. The van der Waals surface area contributed by atoms with Gasteiger partial charge in [0.2, 0.25) is 0 Å². The average molecular weight is 170 g/mol. The predicted molar refractivity (Wildman–Crippen MR) is 37.8 cm³/mol. The molecule has 64 valence electrons. The molecule has 0 radical (unpaired) electrons. The molecule has 0 aromatic heterocycles. The van der Waals surface area contributed by atoms with Crippen LogP contribution >= 0.6 is 0 Å². The lowest BCUT2D eigenvalue weighted by molar-refractivity contribution is -0.849. The molecule has 0 bridgehead atoms. The number of hydrogen-bond acceptors (Lipinski definition) is 3. The smallest absolute Gasteiger partial charge is 0.156 e. The van der Waals surface area contributed by atoms with Crippen molar-refractivity contribution in [3.05, 3.63) is 0 Å². The Morgan fingerprint density at radius 2 is 1.20 bits per heavy atom. The highest BCUT2D eigenvalue weighted by Gasteiger charge is 1.88. The quantitative estimate of drug-likeness (QED) is 0.363. The highest BCUT2D eigenvalue weighted by Crippen LogP contribution is 1.73. The molecular formula is C4H14N2O3S. The molecule has 0 aromatic carbocycles. The summed E-state index contributed by atoms with van der Waals surface area (Å²) in [7, 11) is 4.08. The van der Waals surface area contributed by atoms with Crippen molar-refractivity contribution in [2.75, 3.05) is 28.2 Å². The van der Waals surface area contributed by atoms with Gasteiger partial charge in [0.1, 0.15) is 0 Å². The van der Waals surface area contributed by atoms with Crippen molar-refractivity contribution in [3.63, 3.8) is 0 Å². The largest absolute Gasteiger partial charge is 0.736 e. The zero-order valence-electron chi connectivity index (χ0n) is 6.66. The van der Waals surface area contributed by atoms with Gasteiger partial charge in [-0.15, -0.1) is 0 Å². The van der Waals surface area contributed by atoms with Gasteiger partial charge in [-0.05, 0) is 0 Å². The van der Waals surface area contributed by atoms with Gasteiger partial charge in [0.05, 0.1) is 28.2 Å². The first-order valence-corrected chi connectivity index (χ1v) is 4.00. The van der Waals surface area contributed by atoms with Crippen molar-refractivity contribution in [2.45, 2.75) is 0 Å². The molecule has 0 aliphatic heterocycles. The first-order valence-electron chi connectivity index (χ1n) is 2.52. The van der Waals surface area contributed by atoms with Crippen LogP contribution in [0.25, 0.3) is 0 Å². The van der Waals surface area contributed by atoms with E-state index >= 15 is 0 Å². The van der Waals surface area contributed by atoms with E-state index in [-0.39, 0.29) is 0 Å². The molecule has 0 heterocycles. The van der Waals surface area contributed by atoms with Crippen molar-refractivity contribution >= 4 is 10.3 Å². The number of hydrogen-bond donors (Lipinski definition) is 1. The second-order valence-electron chi connectivity index (χ2n) is 3.18. The zero-order chi connectivity index (χ0) is 9.00. The fraction of sp³-hybridized carbons (Fsp3) is 1.00. The third-order valence-corrected chi connectivity index (χ3v) is 0. The van der Waals surface area contributed by atoms with Crippen LogP contribution in [0.15, 0.2) is 0 Å². The lowest BCUT2D eigenvalue weighted by Crippen LogP contribution is -2.27. The summed E-state index contributed by atoms with van der Waals surface area (Å²) in [5.41, 5.74) is 0. The molecule has 5 nitrogen and oxygen atoms in total. The summed E-state index contributed by atoms with van der Waals surface area (Å²) in [6.45, 7) is 0. The van der Waals surface area contributed by atoms with E-state index in [0.717, 1.165) is 4.48 Å². The van der Waals surface area contributed by atoms with Crippen molar-refractivity contribution in [1.29, 1.82) is 0 Å². The number of rotatable bonds is 0. The Labute approximate surface area is 61.9 Å². The van der Waals surface area contributed by atoms with Crippen LogP contribution < -0.4 is 5.14 Å². The maximum Gasteiger partial charge on any atom is 0.156 e. The summed E-state index contributed by atoms with van der Waals surface area (Å²) in [6.07, 6.45) is 0. The molecule has 0 aliphatic carbocycles. The lowest BCUT2D eigenvalue weighted by atomic mass is 10.8. The van der Waals surface area contributed by atoms with E-state index in [0.29, 0.717) is 0 Å². The van der Waals surface area contributed by atoms with Crippen LogP contribution in [0.4, 0.5) is 0 Å². The fourth-order valence-electron chi connectivity index (χ4n) is 0. The molecule has 0 fully saturated rings. The maximum atomic E-state index is 8.85. The Kier molecular flexibility index (Phi) is 4.84. The van der Waals surface area contributed by atoms with Gasteiger partial charge in [-0.2, -0.15) is 0 Å². The van der Waals surface area contributed by atoms with Crippen molar-refractivity contribution in [2.24, 2.45) is 5.14 Å². The molecule has 0 saturated heterocycles. The van der Waals surface area contributed by atoms with Crippen LogP contribution in [0.5, 0.6) is 0 Å². The van der Waals surface area contributed by atoms with Crippen molar-refractivity contribution < 1.29 is 17.5 Å². The summed E-state index contributed by atoms with van der Waals surface area (Å²) < 4.78 is 27.6. The third kappa shape index (κ3) is 12600. The van der Waals surface area contributed by atoms with Crippen molar-refractivity contribution in [1.82, 2.24) is 0 Å². The van der Waals surface area contributed by atoms with E-state index in [9.17, 15) is 0 Å². The molecule has 0 saturated carbocycles. The first kappa shape index (κ1) is 12.5. The zero-order valence-corrected chi connectivity index (χ0v) is 7.47. The molecule has 0 rings (SSSR count).